The average molecular weight is 218 g/mol. The van der Waals surface area contributed by atoms with E-state index in [9.17, 15) is 4.79 Å². The molecule has 1 aromatic carbocycles. The van der Waals surface area contributed by atoms with Crippen LogP contribution in [0, 0.1) is 0 Å². The molecule has 76 valence electrons. The largest absolute Gasteiger partial charge is 0.361 e. The van der Waals surface area contributed by atoms with E-state index in [0.717, 1.165) is 22.2 Å². The van der Waals surface area contributed by atoms with Gasteiger partial charge in [0.05, 0.1) is 10.2 Å². The normalized spacial score (nSPS) is 11.5. The summed E-state index contributed by atoms with van der Waals surface area (Å²) < 4.78 is 1.01. The Morgan fingerprint density at radius 3 is 3.00 bits per heavy atom. The zero-order valence-electron chi connectivity index (χ0n) is 8.26. The van der Waals surface area contributed by atoms with Gasteiger partial charge in [0.15, 0.2) is 0 Å². The van der Waals surface area contributed by atoms with Gasteiger partial charge in [-0.25, -0.2) is 0 Å². The summed E-state index contributed by atoms with van der Waals surface area (Å²) in [6, 6.07) is 4.09. The Labute approximate surface area is 89.8 Å². The van der Waals surface area contributed by atoms with Crippen LogP contribution in [-0.4, -0.2) is 9.97 Å². The number of aryl methyl sites for hydroxylation is 1. The quantitative estimate of drug-likeness (QED) is 0.648. The second kappa shape index (κ2) is 2.97. The van der Waals surface area contributed by atoms with Gasteiger partial charge in [-0.15, -0.1) is 0 Å². The molecular formula is C11H10N2OS. The number of nitrogens with one attached hydrogen (secondary N) is 2. The number of hydrogen-bond acceptors (Lipinski definition) is 2. The van der Waals surface area contributed by atoms with Gasteiger partial charge >= 0.3 is 4.87 Å². The minimum Gasteiger partial charge on any atom is -0.361 e. The van der Waals surface area contributed by atoms with Crippen LogP contribution in [0.1, 0.15) is 12.5 Å². The lowest BCUT2D eigenvalue weighted by Gasteiger charge is -1.94. The third-order valence-corrected chi connectivity index (χ3v) is 3.53. The topological polar surface area (TPSA) is 48.6 Å². The number of aromatic nitrogens is 2. The van der Waals surface area contributed by atoms with E-state index in [1.165, 1.54) is 22.3 Å². The second-order valence-electron chi connectivity index (χ2n) is 3.58. The highest BCUT2D eigenvalue weighted by molar-refractivity contribution is 7.16. The van der Waals surface area contributed by atoms with Gasteiger partial charge in [-0.1, -0.05) is 18.3 Å². The Kier molecular flexibility index (Phi) is 1.73. The number of benzene rings is 1. The summed E-state index contributed by atoms with van der Waals surface area (Å²) in [6.07, 6.45) is 3.03. The Balaban J connectivity index is 2.48. The van der Waals surface area contributed by atoms with Crippen LogP contribution < -0.4 is 4.87 Å². The molecule has 3 aromatic rings. The molecule has 0 saturated carbocycles. The number of H-pyrrole nitrogens is 2. The molecule has 3 nitrogen and oxygen atoms in total. The maximum atomic E-state index is 11.2. The minimum absolute atomic E-state index is 0.00991. The van der Waals surface area contributed by atoms with Crippen LogP contribution in [0.3, 0.4) is 0 Å². The van der Waals surface area contributed by atoms with Crippen molar-refractivity contribution in [2.75, 3.05) is 0 Å². The maximum absolute atomic E-state index is 11.2. The van der Waals surface area contributed by atoms with E-state index in [0.29, 0.717) is 0 Å². The van der Waals surface area contributed by atoms with Crippen molar-refractivity contribution in [1.29, 1.82) is 0 Å². The lowest BCUT2D eigenvalue weighted by atomic mass is 10.1. The minimum atomic E-state index is 0.00991. The summed E-state index contributed by atoms with van der Waals surface area (Å²) in [5.41, 5.74) is 3.33. The molecule has 2 heterocycles. The van der Waals surface area contributed by atoms with Gasteiger partial charge in [0.2, 0.25) is 0 Å². The zero-order chi connectivity index (χ0) is 10.4. The molecule has 3 rings (SSSR count). The molecule has 0 aliphatic rings. The van der Waals surface area contributed by atoms with Crippen LogP contribution in [0.2, 0.25) is 0 Å². The Morgan fingerprint density at radius 2 is 2.20 bits per heavy atom. The Bertz CT molecular complexity index is 689. The molecule has 0 radical (unpaired) electrons. The molecule has 0 amide bonds. The number of thiazole rings is 1. The van der Waals surface area contributed by atoms with Gasteiger partial charge in [0.25, 0.3) is 0 Å². The van der Waals surface area contributed by atoms with Crippen LogP contribution in [0.4, 0.5) is 0 Å². The fourth-order valence-electron chi connectivity index (χ4n) is 1.92. The molecular weight excluding hydrogens is 208 g/mol. The summed E-state index contributed by atoms with van der Waals surface area (Å²) in [6.45, 7) is 2.13. The standard InChI is InChI=1S/C11H10N2OS/c1-2-6-5-12-8-4-10-9(3-7(6)8)13-11(14)15-10/h3-5,12H,2H2,1H3,(H,13,14). The molecule has 2 aromatic heterocycles. The van der Waals surface area contributed by atoms with Crippen molar-refractivity contribution >= 4 is 32.5 Å². The van der Waals surface area contributed by atoms with E-state index in [2.05, 4.69) is 23.0 Å². The van der Waals surface area contributed by atoms with Crippen LogP contribution in [-0.2, 0) is 6.42 Å². The molecule has 4 heteroatoms. The first kappa shape index (κ1) is 8.73. The van der Waals surface area contributed by atoms with Crippen LogP contribution in [0.25, 0.3) is 21.1 Å². The summed E-state index contributed by atoms with van der Waals surface area (Å²) in [7, 11) is 0. The van der Waals surface area contributed by atoms with Gasteiger partial charge in [0.1, 0.15) is 0 Å². The average Bonchev–Trinajstić information content (AvgIpc) is 2.75. The zero-order valence-corrected chi connectivity index (χ0v) is 9.07. The molecule has 15 heavy (non-hydrogen) atoms. The molecule has 0 unspecified atom stereocenters. The van der Waals surface area contributed by atoms with E-state index in [1.54, 1.807) is 0 Å². The first-order chi connectivity index (χ1) is 7.28. The number of hydrogen-bond donors (Lipinski definition) is 2. The number of aromatic amines is 2. The lowest BCUT2D eigenvalue weighted by Crippen LogP contribution is -1.89. The maximum Gasteiger partial charge on any atom is 0.305 e. The van der Waals surface area contributed by atoms with Gasteiger partial charge in [0, 0.05) is 17.1 Å². The lowest BCUT2D eigenvalue weighted by molar-refractivity contribution is 1.15. The molecule has 0 aliphatic heterocycles. The van der Waals surface area contributed by atoms with Crippen LogP contribution in [0.5, 0.6) is 0 Å². The van der Waals surface area contributed by atoms with E-state index in [1.807, 2.05) is 12.3 Å². The fourth-order valence-corrected chi connectivity index (χ4v) is 2.67. The first-order valence-electron chi connectivity index (χ1n) is 4.91. The predicted molar refractivity (Wildman–Crippen MR) is 63.7 cm³/mol. The van der Waals surface area contributed by atoms with Crippen molar-refractivity contribution in [3.8, 4) is 0 Å². The van der Waals surface area contributed by atoms with Crippen molar-refractivity contribution in [3.05, 3.63) is 33.6 Å². The van der Waals surface area contributed by atoms with Gasteiger partial charge in [-0.3, -0.25) is 4.79 Å². The summed E-state index contributed by atoms with van der Waals surface area (Å²) in [5, 5.41) is 1.21. The third kappa shape index (κ3) is 1.22. The molecule has 0 atom stereocenters. The summed E-state index contributed by atoms with van der Waals surface area (Å²) in [4.78, 5) is 17.3. The van der Waals surface area contributed by atoms with Crippen molar-refractivity contribution in [2.24, 2.45) is 0 Å². The highest BCUT2D eigenvalue weighted by Crippen LogP contribution is 2.25. The van der Waals surface area contributed by atoms with Gasteiger partial charge in [-0.2, -0.15) is 0 Å². The van der Waals surface area contributed by atoms with E-state index >= 15 is 0 Å². The Hall–Kier alpha value is -1.55. The van der Waals surface area contributed by atoms with Crippen LogP contribution in [0.15, 0.2) is 23.1 Å². The first-order valence-corrected chi connectivity index (χ1v) is 5.72. The van der Waals surface area contributed by atoms with Crippen molar-refractivity contribution in [3.63, 3.8) is 0 Å². The van der Waals surface area contributed by atoms with Gasteiger partial charge in [-0.05, 0) is 24.1 Å². The molecule has 0 fully saturated rings. The highest BCUT2D eigenvalue weighted by Gasteiger charge is 2.05. The fraction of sp³-hybridized carbons (Fsp3) is 0.182. The highest BCUT2D eigenvalue weighted by atomic mass is 32.1. The Morgan fingerprint density at radius 1 is 1.33 bits per heavy atom. The van der Waals surface area contributed by atoms with Gasteiger partial charge < -0.3 is 9.97 Å². The van der Waals surface area contributed by atoms with Crippen LogP contribution >= 0.6 is 11.3 Å². The SMILES string of the molecule is CCc1c[nH]c2cc3sc(=O)[nH]c3cc12. The van der Waals surface area contributed by atoms with E-state index < -0.39 is 0 Å². The predicted octanol–water partition coefficient (Wildman–Crippen LogP) is 2.63. The molecule has 0 saturated heterocycles. The summed E-state index contributed by atoms with van der Waals surface area (Å²) in [5.74, 6) is 0. The number of rotatable bonds is 1. The van der Waals surface area contributed by atoms with Crippen molar-refractivity contribution < 1.29 is 0 Å². The summed E-state index contributed by atoms with van der Waals surface area (Å²) >= 11 is 1.25. The van der Waals surface area contributed by atoms with Crippen molar-refractivity contribution in [2.45, 2.75) is 13.3 Å². The monoisotopic (exact) mass is 218 g/mol. The smallest absolute Gasteiger partial charge is 0.305 e. The number of fused-ring (bicyclic) bond motifs is 2. The molecule has 0 aliphatic carbocycles. The van der Waals surface area contributed by atoms with E-state index in [-0.39, 0.29) is 4.87 Å². The molecule has 0 bridgehead atoms. The third-order valence-electron chi connectivity index (χ3n) is 2.69. The second-order valence-corrected chi connectivity index (χ2v) is 4.59. The molecule has 2 N–H and O–H groups in total. The van der Waals surface area contributed by atoms with Crippen molar-refractivity contribution in [1.82, 2.24) is 9.97 Å². The molecule has 0 spiro atoms. The van der Waals surface area contributed by atoms with E-state index in [4.69, 9.17) is 0 Å².